The van der Waals surface area contributed by atoms with Crippen LogP contribution in [0.5, 0.6) is 0 Å². The van der Waals surface area contributed by atoms with E-state index in [1.807, 2.05) is 12.1 Å². The number of hydrogen-bond acceptors (Lipinski definition) is 2. The summed E-state index contributed by atoms with van der Waals surface area (Å²) >= 11 is 0.839. The first-order chi connectivity index (χ1) is 9.54. The number of alkyl halides is 3. The van der Waals surface area contributed by atoms with E-state index in [0.29, 0.717) is 10.8 Å². The molecule has 1 aliphatic carbocycles. The van der Waals surface area contributed by atoms with Gasteiger partial charge in [0.15, 0.2) is 0 Å². The molecule has 0 saturated heterocycles. The van der Waals surface area contributed by atoms with Gasteiger partial charge in [-0.25, -0.2) is 0 Å². The van der Waals surface area contributed by atoms with Crippen molar-refractivity contribution in [3.05, 3.63) is 36.4 Å². The highest BCUT2D eigenvalue weighted by atomic mass is 32.2. The summed E-state index contributed by atoms with van der Waals surface area (Å²) in [7, 11) is 0. The van der Waals surface area contributed by atoms with Gasteiger partial charge < -0.3 is 5.32 Å². The van der Waals surface area contributed by atoms with Crippen LogP contribution < -0.4 is 5.32 Å². The third-order valence-corrected chi connectivity index (χ3v) is 4.38. The Morgan fingerprint density at radius 1 is 1.20 bits per heavy atom. The van der Waals surface area contributed by atoms with E-state index in [0.717, 1.165) is 43.3 Å². The van der Waals surface area contributed by atoms with Crippen molar-refractivity contribution in [1.82, 2.24) is 0 Å². The van der Waals surface area contributed by atoms with Crippen LogP contribution in [0.1, 0.15) is 19.3 Å². The third-order valence-electron chi connectivity index (χ3n) is 3.24. The van der Waals surface area contributed by atoms with Crippen LogP contribution in [0, 0.1) is 5.92 Å². The number of para-hydroxylation sites is 1. The van der Waals surface area contributed by atoms with Gasteiger partial charge in [0.1, 0.15) is 0 Å². The zero-order valence-electron chi connectivity index (χ0n) is 11.1. The first-order valence-electron chi connectivity index (χ1n) is 6.72. The minimum Gasteiger partial charge on any atom is -0.384 e. The lowest BCUT2D eigenvalue weighted by molar-refractivity contribution is -0.105. The van der Waals surface area contributed by atoms with Crippen molar-refractivity contribution in [1.29, 1.82) is 0 Å². The largest absolute Gasteiger partial charge is 0.398 e. The average Bonchev–Trinajstić information content (AvgIpc) is 2.44. The topological polar surface area (TPSA) is 12.0 Å². The van der Waals surface area contributed by atoms with E-state index >= 15 is 0 Å². The van der Waals surface area contributed by atoms with Gasteiger partial charge in [0.25, 0.3) is 0 Å². The normalized spacial score (nSPS) is 19.1. The predicted octanol–water partition coefficient (Wildman–Crippen LogP) is 5.11. The van der Waals surface area contributed by atoms with E-state index in [1.54, 1.807) is 12.1 Å². The molecule has 1 atom stereocenters. The second-order valence-corrected chi connectivity index (χ2v) is 5.95. The Bertz CT molecular complexity index is 457. The molecule has 0 saturated carbocycles. The molecule has 1 N–H and O–H groups in total. The zero-order valence-corrected chi connectivity index (χ0v) is 11.9. The molecular formula is C15H18F3NS. The molecular weight excluding hydrogens is 283 g/mol. The molecule has 20 heavy (non-hydrogen) atoms. The van der Waals surface area contributed by atoms with Gasteiger partial charge in [-0.2, -0.15) is 13.2 Å². The lowest BCUT2D eigenvalue weighted by Crippen LogP contribution is -2.16. The molecule has 1 nitrogen and oxygen atoms in total. The summed E-state index contributed by atoms with van der Waals surface area (Å²) in [5.74, 6) is -0.279. The Kier molecular flexibility index (Phi) is 5.40. The quantitative estimate of drug-likeness (QED) is 0.599. The Hall–Kier alpha value is -1.10. The molecule has 0 aliphatic heterocycles. The minimum absolute atomic E-state index is 0.570. The molecule has 0 spiro atoms. The molecule has 0 bridgehead atoms. The Morgan fingerprint density at radius 2 is 2.00 bits per heavy atom. The van der Waals surface area contributed by atoms with E-state index in [2.05, 4.69) is 17.5 Å². The van der Waals surface area contributed by atoms with Crippen LogP contribution in [0.3, 0.4) is 0 Å². The maximum Gasteiger partial charge on any atom is 0.398 e. The van der Waals surface area contributed by atoms with Crippen molar-refractivity contribution in [3.63, 3.8) is 0 Å². The number of rotatable bonds is 5. The summed E-state index contributed by atoms with van der Waals surface area (Å²) in [5.41, 5.74) is 0.802. The number of anilines is 1. The van der Waals surface area contributed by atoms with Gasteiger partial charge in [-0.3, -0.25) is 0 Å². The van der Waals surface area contributed by atoms with E-state index in [9.17, 15) is 13.2 Å². The first-order valence-corrected chi connectivity index (χ1v) is 7.70. The van der Waals surface area contributed by atoms with Gasteiger partial charge in [-0.05, 0) is 37.3 Å². The van der Waals surface area contributed by atoms with Crippen LogP contribution in [0.4, 0.5) is 18.9 Å². The van der Waals surface area contributed by atoms with Crippen molar-refractivity contribution in [2.75, 3.05) is 17.6 Å². The number of nitrogens with one attached hydrogen (secondary N) is 1. The summed E-state index contributed by atoms with van der Waals surface area (Å²) in [5, 5.41) is 3.30. The monoisotopic (exact) mass is 301 g/mol. The van der Waals surface area contributed by atoms with E-state index in [4.69, 9.17) is 0 Å². The van der Waals surface area contributed by atoms with Gasteiger partial charge in [0.05, 0.1) is 5.75 Å². The standard InChI is InChI=1S/C15H18F3NS/c16-15(17,18)11-20-14-9-5-4-8-13(14)19-10-12-6-2-1-3-7-12/h1-2,4-5,8-9,12,19H,3,6-7,10-11H2. The van der Waals surface area contributed by atoms with E-state index in [1.165, 1.54) is 0 Å². The Morgan fingerprint density at radius 3 is 2.70 bits per heavy atom. The number of allylic oxidation sites excluding steroid dienone is 2. The third kappa shape index (κ3) is 5.12. The highest BCUT2D eigenvalue weighted by molar-refractivity contribution is 7.99. The molecule has 1 unspecified atom stereocenters. The molecule has 0 radical (unpaired) electrons. The fraction of sp³-hybridized carbons (Fsp3) is 0.467. The van der Waals surface area contributed by atoms with Gasteiger partial charge >= 0.3 is 6.18 Å². The number of benzene rings is 1. The van der Waals surface area contributed by atoms with Crippen LogP contribution in [-0.2, 0) is 0 Å². The summed E-state index contributed by atoms with van der Waals surface area (Å²) in [4.78, 5) is 0.663. The molecule has 1 aliphatic rings. The number of thioether (sulfide) groups is 1. The lowest BCUT2D eigenvalue weighted by Gasteiger charge is -2.20. The molecule has 1 aromatic carbocycles. The number of hydrogen-bond donors (Lipinski definition) is 1. The highest BCUT2D eigenvalue weighted by Gasteiger charge is 2.27. The Labute approximate surface area is 121 Å². The van der Waals surface area contributed by atoms with Gasteiger partial charge in [-0.15, -0.1) is 11.8 Å². The van der Waals surface area contributed by atoms with Crippen LogP contribution in [0.2, 0.25) is 0 Å². The van der Waals surface area contributed by atoms with Gasteiger partial charge in [0.2, 0.25) is 0 Å². The van der Waals surface area contributed by atoms with Gasteiger partial charge in [0, 0.05) is 17.1 Å². The van der Waals surface area contributed by atoms with Gasteiger partial charge in [-0.1, -0.05) is 24.3 Å². The van der Waals surface area contributed by atoms with Crippen LogP contribution in [-0.4, -0.2) is 18.5 Å². The van der Waals surface area contributed by atoms with Crippen molar-refractivity contribution in [3.8, 4) is 0 Å². The van der Waals surface area contributed by atoms with Crippen molar-refractivity contribution in [2.24, 2.45) is 5.92 Å². The van der Waals surface area contributed by atoms with Crippen LogP contribution >= 0.6 is 11.8 Å². The fourth-order valence-electron chi connectivity index (χ4n) is 2.19. The maximum atomic E-state index is 12.3. The van der Waals surface area contributed by atoms with Crippen molar-refractivity contribution >= 4 is 17.4 Å². The predicted molar refractivity (Wildman–Crippen MR) is 78.2 cm³/mol. The summed E-state index contributed by atoms with van der Waals surface area (Å²) in [6, 6.07) is 7.20. The summed E-state index contributed by atoms with van der Waals surface area (Å²) < 4.78 is 36.9. The fourth-order valence-corrected chi connectivity index (χ4v) is 2.98. The molecule has 0 aromatic heterocycles. The second kappa shape index (κ2) is 7.07. The van der Waals surface area contributed by atoms with Crippen LogP contribution in [0.15, 0.2) is 41.3 Å². The minimum atomic E-state index is -4.13. The SMILES string of the molecule is FC(F)(F)CSc1ccccc1NCC1CC=CCC1. The zero-order chi connectivity index (χ0) is 14.4. The molecule has 0 heterocycles. The molecule has 0 fully saturated rings. The van der Waals surface area contributed by atoms with Crippen molar-refractivity contribution in [2.45, 2.75) is 30.3 Å². The molecule has 0 amide bonds. The highest BCUT2D eigenvalue weighted by Crippen LogP contribution is 2.32. The summed E-state index contributed by atoms with van der Waals surface area (Å²) in [6.07, 6.45) is 3.51. The molecule has 110 valence electrons. The lowest BCUT2D eigenvalue weighted by atomic mass is 9.94. The smallest absolute Gasteiger partial charge is 0.384 e. The first kappa shape index (κ1) is 15.3. The molecule has 1 aromatic rings. The second-order valence-electron chi connectivity index (χ2n) is 4.93. The molecule has 2 rings (SSSR count). The average molecular weight is 301 g/mol. The molecule has 5 heteroatoms. The maximum absolute atomic E-state index is 12.3. The van der Waals surface area contributed by atoms with E-state index < -0.39 is 11.9 Å². The number of halogens is 3. The van der Waals surface area contributed by atoms with Crippen molar-refractivity contribution < 1.29 is 13.2 Å². The summed E-state index contributed by atoms with van der Waals surface area (Å²) in [6.45, 7) is 0.813. The van der Waals surface area contributed by atoms with Crippen LogP contribution in [0.25, 0.3) is 0 Å². The van der Waals surface area contributed by atoms with E-state index in [-0.39, 0.29) is 0 Å². The Balaban J connectivity index is 1.91.